The van der Waals surface area contributed by atoms with E-state index in [1.807, 2.05) is 24.3 Å². The first kappa shape index (κ1) is 23.5. The van der Waals surface area contributed by atoms with Crippen LogP contribution in [0.4, 0.5) is 11.4 Å². The van der Waals surface area contributed by atoms with Crippen LogP contribution in [0.25, 0.3) is 0 Å². The molecule has 0 spiro atoms. The molecule has 0 aliphatic carbocycles. The number of nitrogens with zero attached hydrogens (tertiary/aromatic N) is 2. The summed E-state index contributed by atoms with van der Waals surface area (Å²) in [6, 6.07) is 16.2. The maximum atomic E-state index is 12.4. The minimum absolute atomic E-state index is 0.106. The van der Waals surface area contributed by atoms with Crippen LogP contribution in [-0.4, -0.2) is 48.0 Å². The number of piperazine rings is 1. The molecule has 1 aromatic heterocycles. The smallest absolute Gasteiger partial charge is 0.289 e. The Morgan fingerprint density at radius 3 is 2.45 bits per heavy atom. The highest BCUT2D eigenvalue weighted by atomic mass is 127. The molecule has 1 saturated heterocycles. The molecule has 0 bridgehead atoms. The second kappa shape index (κ2) is 10.5. The van der Waals surface area contributed by atoms with Gasteiger partial charge in [-0.25, -0.2) is 0 Å². The van der Waals surface area contributed by atoms with Gasteiger partial charge in [0.15, 0.2) is 10.9 Å². The van der Waals surface area contributed by atoms with Crippen molar-refractivity contribution < 1.29 is 14.0 Å². The fourth-order valence-electron chi connectivity index (χ4n) is 3.53. The van der Waals surface area contributed by atoms with Gasteiger partial charge in [0.2, 0.25) is 0 Å². The van der Waals surface area contributed by atoms with Crippen LogP contribution in [0.5, 0.6) is 0 Å². The number of rotatable bonds is 4. The highest BCUT2D eigenvalue weighted by Gasteiger charge is 2.24. The zero-order valence-electron chi connectivity index (χ0n) is 17.4. The SMILES string of the molecule is O=C(NC(=S)Nc1ccc(N2CCN(C(=O)c3ccco3)CC2)c(Cl)c1)c1ccccc1I. The van der Waals surface area contributed by atoms with Gasteiger partial charge in [0.1, 0.15) is 0 Å². The first-order chi connectivity index (χ1) is 15.9. The van der Waals surface area contributed by atoms with E-state index in [2.05, 4.69) is 38.1 Å². The standard InChI is InChI=1S/C23H20ClIN4O3S/c24-17-14-15(26-23(33)27-21(30)16-4-1-2-5-18(16)25)7-8-19(17)28-9-11-29(12-10-28)22(31)20-6-3-13-32-20/h1-8,13-14H,9-12H2,(H2,26,27,30,33). The lowest BCUT2D eigenvalue weighted by atomic mass is 10.2. The molecule has 33 heavy (non-hydrogen) atoms. The fourth-order valence-corrected chi connectivity index (χ4v) is 4.67. The van der Waals surface area contributed by atoms with Crippen molar-refractivity contribution >= 4 is 74.7 Å². The number of thiocarbonyl (C=S) groups is 1. The monoisotopic (exact) mass is 594 g/mol. The van der Waals surface area contributed by atoms with E-state index in [-0.39, 0.29) is 16.9 Å². The topological polar surface area (TPSA) is 77.8 Å². The van der Waals surface area contributed by atoms with Crippen molar-refractivity contribution in [2.75, 3.05) is 36.4 Å². The molecule has 1 aliphatic heterocycles. The minimum atomic E-state index is -0.276. The Bertz CT molecular complexity index is 1180. The summed E-state index contributed by atoms with van der Waals surface area (Å²) >= 11 is 13.9. The number of hydrogen-bond donors (Lipinski definition) is 2. The third-order valence-electron chi connectivity index (χ3n) is 5.19. The van der Waals surface area contributed by atoms with Crippen LogP contribution in [0.3, 0.4) is 0 Å². The summed E-state index contributed by atoms with van der Waals surface area (Å²) in [5.74, 6) is -0.0322. The number of carbonyl (C=O) groups is 2. The van der Waals surface area contributed by atoms with E-state index in [0.29, 0.717) is 48.2 Å². The quantitative estimate of drug-likeness (QED) is 0.339. The van der Waals surface area contributed by atoms with Gasteiger partial charge in [-0.3, -0.25) is 14.9 Å². The van der Waals surface area contributed by atoms with Crippen molar-refractivity contribution in [2.24, 2.45) is 0 Å². The van der Waals surface area contributed by atoms with Crippen molar-refractivity contribution in [1.82, 2.24) is 10.2 Å². The predicted molar refractivity (Wildman–Crippen MR) is 141 cm³/mol. The molecule has 2 N–H and O–H groups in total. The lowest BCUT2D eigenvalue weighted by Crippen LogP contribution is -2.48. The molecule has 0 radical (unpaired) electrons. The first-order valence-corrected chi connectivity index (χ1v) is 12.0. The molecule has 7 nitrogen and oxygen atoms in total. The molecular weight excluding hydrogens is 575 g/mol. The molecular formula is C23H20ClIN4O3S. The maximum absolute atomic E-state index is 12.4. The van der Waals surface area contributed by atoms with Crippen LogP contribution < -0.4 is 15.5 Å². The van der Waals surface area contributed by atoms with Crippen LogP contribution in [0, 0.1) is 3.57 Å². The second-order valence-corrected chi connectivity index (χ2v) is 9.29. The Kier molecular flexibility index (Phi) is 7.51. The number of anilines is 2. The van der Waals surface area contributed by atoms with E-state index in [4.69, 9.17) is 28.2 Å². The Labute approximate surface area is 215 Å². The maximum Gasteiger partial charge on any atom is 0.289 e. The molecule has 0 atom stereocenters. The molecule has 1 fully saturated rings. The van der Waals surface area contributed by atoms with Crippen LogP contribution in [-0.2, 0) is 0 Å². The van der Waals surface area contributed by atoms with Crippen molar-refractivity contribution in [3.05, 3.63) is 80.8 Å². The van der Waals surface area contributed by atoms with Crippen molar-refractivity contribution in [3.63, 3.8) is 0 Å². The fraction of sp³-hybridized carbons (Fsp3) is 0.174. The molecule has 3 aromatic rings. The largest absolute Gasteiger partial charge is 0.459 e. The molecule has 2 aromatic carbocycles. The van der Waals surface area contributed by atoms with Gasteiger partial charge in [0.25, 0.3) is 11.8 Å². The summed E-state index contributed by atoms with van der Waals surface area (Å²) in [6.45, 7) is 2.46. The van der Waals surface area contributed by atoms with E-state index >= 15 is 0 Å². The highest BCUT2D eigenvalue weighted by molar-refractivity contribution is 14.1. The summed E-state index contributed by atoms with van der Waals surface area (Å²) in [6.07, 6.45) is 1.50. The highest BCUT2D eigenvalue weighted by Crippen LogP contribution is 2.30. The van der Waals surface area contributed by atoms with Gasteiger partial charge in [-0.2, -0.15) is 0 Å². The Hall–Kier alpha value is -2.63. The van der Waals surface area contributed by atoms with E-state index < -0.39 is 0 Å². The number of furan rings is 1. The first-order valence-electron chi connectivity index (χ1n) is 10.2. The van der Waals surface area contributed by atoms with Gasteiger partial charge in [0, 0.05) is 35.4 Å². The van der Waals surface area contributed by atoms with Gasteiger partial charge in [0.05, 0.1) is 22.5 Å². The predicted octanol–water partition coefficient (Wildman–Crippen LogP) is 4.63. The van der Waals surface area contributed by atoms with Gasteiger partial charge >= 0.3 is 0 Å². The van der Waals surface area contributed by atoms with Gasteiger partial charge in [-0.05, 0) is 77.3 Å². The lowest BCUT2D eigenvalue weighted by molar-refractivity contribution is 0.0714. The van der Waals surface area contributed by atoms with E-state index in [0.717, 1.165) is 9.26 Å². The summed E-state index contributed by atoms with van der Waals surface area (Å²) < 4.78 is 6.05. The Balaban J connectivity index is 1.33. The van der Waals surface area contributed by atoms with E-state index in [9.17, 15) is 9.59 Å². The molecule has 4 rings (SSSR count). The molecule has 1 aliphatic rings. The molecule has 10 heteroatoms. The number of halogens is 2. The van der Waals surface area contributed by atoms with Crippen molar-refractivity contribution in [3.8, 4) is 0 Å². The van der Waals surface area contributed by atoms with Gasteiger partial charge < -0.3 is 19.5 Å². The summed E-state index contributed by atoms with van der Waals surface area (Å²) in [5.41, 5.74) is 2.10. The van der Waals surface area contributed by atoms with Crippen LogP contribution in [0.1, 0.15) is 20.9 Å². The second-order valence-electron chi connectivity index (χ2n) is 7.31. The van der Waals surface area contributed by atoms with E-state index in [1.165, 1.54) is 6.26 Å². The summed E-state index contributed by atoms with van der Waals surface area (Å²) in [5, 5.41) is 6.43. The van der Waals surface area contributed by atoms with E-state index in [1.54, 1.807) is 35.2 Å². The van der Waals surface area contributed by atoms with Gasteiger partial charge in [-0.15, -0.1) is 0 Å². The van der Waals surface area contributed by atoms with Crippen molar-refractivity contribution in [2.45, 2.75) is 0 Å². The van der Waals surface area contributed by atoms with Gasteiger partial charge in [-0.1, -0.05) is 23.7 Å². The average molecular weight is 595 g/mol. The van der Waals surface area contributed by atoms with Crippen molar-refractivity contribution in [1.29, 1.82) is 0 Å². The van der Waals surface area contributed by atoms with Crippen LogP contribution in [0.2, 0.25) is 5.02 Å². The number of carbonyl (C=O) groups excluding carboxylic acids is 2. The third kappa shape index (κ3) is 5.66. The molecule has 0 saturated carbocycles. The third-order valence-corrected chi connectivity index (χ3v) is 6.64. The number of benzene rings is 2. The molecule has 2 amide bonds. The minimum Gasteiger partial charge on any atom is -0.459 e. The number of hydrogen-bond acceptors (Lipinski definition) is 5. The number of nitrogens with one attached hydrogen (secondary N) is 2. The zero-order valence-corrected chi connectivity index (χ0v) is 21.1. The Morgan fingerprint density at radius 1 is 1.03 bits per heavy atom. The molecule has 0 unspecified atom stereocenters. The van der Waals surface area contributed by atoms with Crippen LogP contribution >= 0.6 is 46.4 Å². The normalized spacial score (nSPS) is 13.5. The molecule has 2 heterocycles. The lowest BCUT2D eigenvalue weighted by Gasteiger charge is -2.36. The summed E-state index contributed by atoms with van der Waals surface area (Å²) in [4.78, 5) is 28.8. The Morgan fingerprint density at radius 2 is 1.79 bits per heavy atom. The number of amides is 2. The summed E-state index contributed by atoms with van der Waals surface area (Å²) in [7, 11) is 0. The van der Waals surface area contributed by atoms with Crippen LogP contribution in [0.15, 0.2) is 65.3 Å². The molecule has 170 valence electrons. The zero-order chi connectivity index (χ0) is 23.4. The average Bonchev–Trinajstić information content (AvgIpc) is 3.34.